The first-order chi connectivity index (χ1) is 4.24. The highest BCUT2D eigenvalue weighted by Crippen LogP contribution is 1.79. The molecular formula is C4H4BN3O. The molecule has 0 saturated carbocycles. The molecule has 0 atom stereocenters. The summed E-state index contributed by atoms with van der Waals surface area (Å²) in [4.78, 5) is 13.7. The van der Waals surface area contributed by atoms with Crippen LogP contribution in [-0.4, -0.2) is 28.9 Å². The number of carbonyl (C=O) groups is 1. The first-order valence-electron chi connectivity index (χ1n) is 2.35. The van der Waals surface area contributed by atoms with Crippen molar-refractivity contribution in [1.82, 2.24) is 14.8 Å². The predicted molar refractivity (Wildman–Crippen MR) is 31.8 cm³/mol. The van der Waals surface area contributed by atoms with Crippen molar-refractivity contribution in [2.75, 3.05) is 0 Å². The lowest BCUT2D eigenvalue weighted by atomic mass is 10.1. The molecule has 0 aliphatic rings. The molecule has 0 saturated heterocycles. The second-order valence-electron chi connectivity index (χ2n) is 1.57. The highest BCUT2D eigenvalue weighted by atomic mass is 16.1. The van der Waals surface area contributed by atoms with Crippen LogP contribution in [0.1, 0.15) is 10.6 Å². The summed E-state index contributed by atoms with van der Waals surface area (Å²) >= 11 is 0. The van der Waals surface area contributed by atoms with Crippen LogP contribution < -0.4 is 5.72 Å². The Morgan fingerprint density at radius 1 is 1.78 bits per heavy atom. The molecule has 9 heavy (non-hydrogen) atoms. The molecule has 0 bridgehead atoms. The summed E-state index contributed by atoms with van der Waals surface area (Å²) in [7, 11) is 6.76. The van der Waals surface area contributed by atoms with Crippen LogP contribution in [0.25, 0.3) is 0 Å². The summed E-state index contributed by atoms with van der Waals surface area (Å²) in [6.45, 7) is 0. The zero-order valence-corrected chi connectivity index (χ0v) is 4.90. The molecule has 1 aromatic heterocycles. The van der Waals surface area contributed by atoms with Crippen LogP contribution in [0, 0.1) is 0 Å². The van der Waals surface area contributed by atoms with Crippen LogP contribution in [0.15, 0.2) is 0 Å². The van der Waals surface area contributed by atoms with Gasteiger partial charge in [-0.2, -0.15) is 5.10 Å². The van der Waals surface area contributed by atoms with Crippen LogP contribution in [0.4, 0.5) is 0 Å². The fourth-order valence-corrected chi connectivity index (χ4v) is 0.520. The van der Waals surface area contributed by atoms with E-state index in [0.717, 1.165) is 0 Å². The maximum atomic E-state index is 10.1. The van der Waals surface area contributed by atoms with Gasteiger partial charge in [0.1, 0.15) is 0 Å². The number of hydrogen-bond donors (Lipinski definition) is 0. The standard InChI is InChI=1S/C4H4BN3O/c1-8-3(2-9)6-4(5)7-8/h2H,1H3. The van der Waals surface area contributed by atoms with Gasteiger partial charge in [0.15, 0.2) is 20.0 Å². The quantitative estimate of drug-likeness (QED) is 0.332. The van der Waals surface area contributed by atoms with Crippen LogP contribution in [0.3, 0.4) is 0 Å². The molecule has 1 aromatic rings. The Labute approximate surface area is 53.3 Å². The van der Waals surface area contributed by atoms with Crippen molar-refractivity contribution in [3.05, 3.63) is 5.82 Å². The molecule has 2 radical (unpaired) electrons. The Hall–Kier alpha value is -1.13. The van der Waals surface area contributed by atoms with Gasteiger partial charge in [0.25, 0.3) is 0 Å². The van der Waals surface area contributed by atoms with E-state index in [1.165, 1.54) is 4.68 Å². The molecule has 0 aromatic carbocycles. The molecule has 0 aliphatic heterocycles. The molecule has 4 nitrogen and oxygen atoms in total. The third-order valence-corrected chi connectivity index (χ3v) is 0.919. The van der Waals surface area contributed by atoms with E-state index < -0.39 is 0 Å². The minimum absolute atomic E-state index is 0.125. The Balaban J connectivity index is 3.15. The number of aromatic nitrogens is 3. The van der Waals surface area contributed by atoms with Gasteiger partial charge in [-0.05, 0) is 0 Å². The fourth-order valence-electron chi connectivity index (χ4n) is 0.520. The van der Waals surface area contributed by atoms with Crippen LogP contribution in [-0.2, 0) is 7.05 Å². The number of aryl methyl sites for hydroxylation is 1. The number of aldehydes is 1. The second-order valence-corrected chi connectivity index (χ2v) is 1.57. The van der Waals surface area contributed by atoms with Crippen LogP contribution in [0.5, 0.6) is 0 Å². The van der Waals surface area contributed by atoms with Gasteiger partial charge in [-0.1, -0.05) is 0 Å². The monoisotopic (exact) mass is 121 g/mol. The van der Waals surface area contributed by atoms with Crippen molar-refractivity contribution in [2.45, 2.75) is 0 Å². The summed E-state index contributed by atoms with van der Waals surface area (Å²) in [6.07, 6.45) is 0.601. The van der Waals surface area contributed by atoms with Gasteiger partial charge in [-0.15, -0.1) is 0 Å². The van der Waals surface area contributed by atoms with Gasteiger partial charge in [0.2, 0.25) is 0 Å². The molecule has 5 heteroatoms. The maximum absolute atomic E-state index is 10.1. The van der Waals surface area contributed by atoms with Gasteiger partial charge < -0.3 is 0 Å². The average Bonchev–Trinajstić information content (AvgIpc) is 2.10. The lowest BCUT2D eigenvalue weighted by Gasteiger charge is -1.84. The molecule has 1 heterocycles. The van der Waals surface area contributed by atoms with E-state index >= 15 is 0 Å². The van der Waals surface area contributed by atoms with Crippen molar-refractivity contribution in [2.24, 2.45) is 7.05 Å². The van der Waals surface area contributed by atoms with E-state index in [2.05, 4.69) is 10.1 Å². The SMILES string of the molecule is [B]c1nc(C=O)n(C)n1. The van der Waals surface area contributed by atoms with Crippen molar-refractivity contribution in [3.63, 3.8) is 0 Å². The van der Waals surface area contributed by atoms with Gasteiger partial charge in [0, 0.05) is 7.05 Å². The van der Waals surface area contributed by atoms with Crippen molar-refractivity contribution in [1.29, 1.82) is 0 Å². The second kappa shape index (κ2) is 2.01. The largest absolute Gasteiger partial charge is 0.294 e. The third-order valence-electron chi connectivity index (χ3n) is 0.919. The lowest BCUT2D eigenvalue weighted by Crippen LogP contribution is -2.07. The van der Waals surface area contributed by atoms with E-state index in [-0.39, 0.29) is 11.5 Å². The van der Waals surface area contributed by atoms with E-state index in [4.69, 9.17) is 7.85 Å². The Bertz CT molecular complexity index is 232. The zero-order chi connectivity index (χ0) is 6.85. The van der Waals surface area contributed by atoms with Crippen molar-refractivity contribution < 1.29 is 4.79 Å². The van der Waals surface area contributed by atoms with Crippen LogP contribution >= 0.6 is 0 Å². The molecular weight excluding hydrogens is 117 g/mol. The first kappa shape index (κ1) is 6.00. The highest BCUT2D eigenvalue weighted by Gasteiger charge is 1.98. The molecule has 0 amide bonds. The smallest absolute Gasteiger partial charge is 0.190 e. The fraction of sp³-hybridized carbons (Fsp3) is 0.250. The number of rotatable bonds is 1. The van der Waals surface area contributed by atoms with Crippen molar-refractivity contribution in [3.8, 4) is 0 Å². The lowest BCUT2D eigenvalue weighted by molar-refractivity contribution is 0.111. The summed E-state index contributed by atoms with van der Waals surface area (Å²) in [5, 5.41) is 3.63. The minimum Gasteiger partial charge on any atom is -0.294 e. The van der Waals surface area contributed by atoms with Gasteiger partial charge in [0.05, 0.1) is 5.72 Å². The van der Waals surface area contributed by atoms with E-state index in [0.29, 0.717) is 6.29 Å². The summed E-state index contributed by atoms with van der Waals surface area (Å²) in [5.74, 6) is 0.243. The maximum Gasteiger partial charge on any atom is 0.190 e. The summed E-state index contributed by atoms with van der Waals surface area (Å²) < 4.78 is 1.32. The average molecular weight is 121 g/mol. The Kier molecular flexibility index (Phi) is 1.34. The molecule has 0 spiro atoms. The first-order valence-corrected chi connectivity index (χ1v) is 2.35. The van der Waals surface area contributed by atoms with Gasteiger partial charge in [-0.3, -0.25) is 4.79 Å². The van der Waals surface area contributed by atoms with Gasteiger partial charge >= 0.3 is 0 Å². The van der Waals surface area contributed by atoms with Crippen molar-refractivity contribution >= 4 is 19.9 Å². The molecule has 1 rings (SSSR count). The number of carbonyl (C=O) groups excluding carboxylic acids is 1. The normalized spacial score (nSPS) is 9.44. The Morgan fingerprint density at radius 2 is 2.44 bits per heavy atom. The van der Waals surface area contributed by atoms with E-state index in [9.17, 15) is 4.79 Å². The van der Waals surface area contributed by atoms with Crippen LogP contribution in [0.2, 0.25) is 0 Å². The molecule has 0 unspecified atom stereocenters. The Morgan fingerprint density at radius 3 is 2.67 bits per heavy atom. The highest BCUT2D eigenvalue weighted by molar-refractivity contribution is 6.29. The number of hydrogen-bond acceptors (Lipinski definition) is 3. The summed E-state index contributed by atoms with van der Waals surface area (Å²) in [5.41, 5.74) is 0.125. The topological polar surface area (TPSA) is 47.8 Å². The minimum atomic E-state index is 0.125. The van der Waals surface area contributed by atoms with E-state index in [1.54, 1.807) is 7.05 Å². The molecule has 0 N–H and O–H groups in total. The molecule has 0 fully saturated rings. The molecule has 0 aliphatic carbocycles. The van der Waals surface area contributed by atoms with E-state index in [1.807, 2.05) is 0 Å². The molecule has 44 valence electrons. The third kappa shape index (κ3) is 0.986. The van der Waals surface area contributed by atoms with Gasteiger partial charge in [-0.25, -0.2) is 9.67 Å². The summed E-state index contributed by atoms with van der Waals surface area (Å²) in [6, 6.07) is 0. The predicted octanol–water partition coefficient (Wildman–Crippen LogP) is -1.58. The zero-order valence-electron chi connectivity index (χ0n) is 4.90. The number of nitrogens with zero attached hydrogens (tertiary/aromatic N) is 3.